The van der Waals surface area contributed by atoms with E-state index in [1.54, 1.807) is 11.3 Å². The zero-order valence-corrected chi connectivity index (χ0v) is 13.6. The molecule has 1 heterocycles. The molecule has 22 heavy (non-hydrogen) atoms. The van der Waals surface area contributed by atoms with Crippen LogP contribution >= 0.6 is 11.3 Å². The minimum absolute atomic E-state index is 0.552. The first-order chi connectivity index (χ1) is 10.7. The minimum Gasteiger partial charge on any atom is -0.252 e. The van der Waals surface area contributed by atoms with Gasteiger partial charge >= 0.3 is 0 Å². The maximum absolute atomic E-state index is 4.61. The van der Waals surface area contributed by atoms with Gasteiger partial charge in [-0.1, -0.05) is 67.6 Å². The van der Waals surface area contributed by atoms with E-state index in [0.29, 0.717) is 5.92 Å². The smallest absolute Gasteiger partial charge is 0.204 e. The van der Waals surface area contributed by atoms with Crippen LogP contribution in [0.5, 0.6) is 0 Å². The quantitative estimate of drug-likeness (QED) is 0.522. The van der Waals surface area contributed by atoms with Crippen molar-refractivity contribution >= 4 is 32.4 Å². The molecule has 2 aromatic carbocycles. The van der Waals surface area contributed by atoms with Gasteiger partial charge in [-0.05, 0) is 30.0 Å². The molecule has 0 aliphatic rings. The van der Waals surface area contributed by atoms with Crippen molar-refractivity contribution in [2.75, 3.05) is 5.43 Å². The maximum Gasteiger partial charge on any atom is 0.204 e. The summed E-state index contributed by atoms with van der Waals surface area (Å²) in [6.45, 7) is 4.41. The molecule has 0 bridgehead atoms. The van der Waals surface area contributed by atoms with E-state index in [0.717, 1.165) is 28.3 Å². The molecule has 3 nitrogen and oxygen atoms in total. The number of para-hydroxylation sites is 1. The zero-order chi connectivity index (χ0) is 15.4. The Morgan fingerprint density at radius 2 is 1.82 bits per heavy atom. The fourth-order valence-electron chi connectivity index (χ4n) is 2.28. The third-order valence-corrected chi connectivity index (χ3v) is 4.23. The normalized spacial score (nSPS) is 12.0. The highest BCUT2D eigenvalue weighted by atomic mass is 32.1. The predicted octanol–water partition coefficient (Wildman–Crippen LogP) is 5.16. The van der Waals surface area contributed by atoms with E-state index in [9.17, 15) is 0 Å². The summed E-state index contributed by atoms with van der Waals surface area (Å²) >= 11 is 1.62. The van der Waals surface area contributed by atoms with E-state index in [1.807, 2.05) is 36.4 Å². The molecule has 1 N–H and O–H groups in total. The van der Waals surface area contributed by atoms with Crippen molar-refractivity contribution in [3.63, 3.8) is 0 Å². The standard InChI is InChI=1S/C18H19N3S/c1-13(2)12-16(14-8-4-3-5-9-14)20-21-18-19-15-10-6-7-11-17(15)22-18/h3-11,13H,12H2,1-2H3,(H,19,21)/b20-16-. The fraction of sp³-hybridized carbons (Fsp3) is 0.222. The Hall–Kier alpha value is -2.20. The van der Waals surface area contributed by atoms with Crippen LogP contribution in [0.1, 0.15) is 25.8 Å². The van der Waals surface area contributed by atoms with Gasteiger partial charge in [-0.2, -0.15) is 5.10 Å². The third kappa shape index (κ3) is 3.52. The van der Waals surface area contributed by atoms with Gasteiger partial charge in [0.1, 0.15) is 0 Å². The molecule has 0 amide bonds. The second kappa shape index (κ2) is 6.71. The molecular formula is C18H19N3S. The van der Waals surface area contributed by atoms with Crippen LogP contribution < -0.4 is 5.43 Å². The lowest BCUT2D eigenvalue weighted by atomic mass is 10.0. The topological polar surface area (TPSA) is 37.3 Å². The van der Waals surface area contributed by atoms with Crippen LogP contribution in [0.2, 0.25) is 0 Å². The number of nitrogens with zero attached hydrogens (tertiary/aromatic N) is 2. The first-order valence-corrected chi connectivity index (χ1v) is 8.27. The summed E-state index contributed by atoms with van der Waals surface area (Å²) in [6, 6.07) is 18.4. The molecule has 112 valence electrons. The molecular weight excluding hydrogens is 290 g/mol. The van der Waals surface area contributed by atoms with Crippen molar-refractivity contribution in [1.29, 1.82) is 0 Å². The molecule has 0 saturated heterocycles. The predicted molar refractivity (Wildman–Crippen MR) is 95.7 cm³/mol. The summed E-state index contributed by atoms with van der Waals surface area (Å²) in [5.74, 6) is 0.552. The molecule has 3 aromatic rings. The molecule has 0 aliphatic carbocycles. The second-order valence-electron chi connectivity index (χ2n) is 5.62. The van der Waals surface area contributed by atoms with E-state index in [2.05, 4.69) is 47.6 Å². The average Bonchev–Trinajstić information content (AvgIpc) is 2.95. The van der Waals surface area contributed by atoms with Crippen molar-refractivity contribution < 1.29 is 0 Å². The Kier molecular flexibility index (Phi) is 4.49. The first-order valence-electron chi connectivity index (χ1n) is 7.46. The van der Waals surface area contributed by atoms with Crippen LogP contribution in [0.3, 0.4) is 0 Å². The van der Waals surface area contributed by atoms with Gasteiger partial charge in [0.25, 0.3) is 0 Å². The first kappa shape index (κ1) is 14.7. The van der Waals surface area contributed by atoms with E-state index in [-0.39, 0.29) is 0 Å². The Labute approximate surface area is 134 Å². The van der Waals surface area contributed by atoms with Crippen molar-refractivity contribution in [3.05, 3.63) is 60.2 Å². The highest BCUT2D eigenvalue weighted by molar-refractivity contribution is 7.22. The molecule has 0 fully saturated rings. The summed E-state index contributed by atoms with van der Waals surface area (Å²) in [5.41, 5.74) is 6.36. The number of fused-ring (bicyclic) bond motifs is 1. The number of aromatic nitrogens is 1. The van der Waals surface area contributed by atoms with Gasteiger partial charge in [-0.3, -0.25) is 5.43 Å². The molecule has 4 heteroatoms. The number of hydrazone groups is 1. The van der Waals surface area contributed by atoms with Gasteiger partial charge < -0.3 is 0 Å². The lowest BCUT2D eigenvalue weighted by molar-refractivity contribution is 0.683. The number of thiazole rings is 1. The SMILES string of the molecule is CC(C)C/C(=N/Nc1nc2ccccc2s1)c1ccccc1. The second-order valence-corrected chi connectivity index (χ2v) is 6.65. The lowest BCUT2D eigenvalue weighted by Gasteiger charge is -2.09. The lowest BCUT2D eigenvalue weighted by Crippen LogP contribution is -2.08. The highest BCUT2D eigenvalue weighted by Gasteiger charge is 2.07. The van der Waals surface area contributed by atoms with E-state index in [1.165, 1.54) is 4.70 Å². The van der Waals surface area contributed by atoms with Crippen LogP contribution in [-0.4, -0.2) is 10.7 Å². The van der Waals surface area contributed by atoms with Gasteiger partial charge in [-0.25, -0.2) is 4.98 Å². The summed E-state index contributed by atoms with van der Waals surface area (Å²) in [6.07, 6.45) is 0.932. The van der Waals surface area contributed by atoms with E-state index >= 15 is 0 Å². The zero-order valence-electron chi connectivity index (χ0n) is 12.8. The van der Waals surface area contributed by atoms with Crippen LogP contribution in [-0.2, 0) is 0 Å². The van der Waals surface area contributed by atoms with Crippen molar-refractivity contribution in [1.82, 2.24) is 4.98 Å². The average molecular weight is 309 g/mol. The minimum atomic E-state index is 0.552. The van der Waals surface area contributed by atoms with Crippen molar-refractivity contribution in [3.8, 4) is 0 Å². The number of nitrogens with one attached hydrogen (secondary N) is 1. The Morgan fingerprint density at radius 3 is 2.55 bits per heavy atom. The molecule has 3 rings (SSSR count). The molecule has 0 aliphatic heterocycles. The highest BCUT2D eigenvalue weighted by Crippen LogP contribution is 2.25. The third-order valence-electron chi connectivity index (χ3n) is 3.29. The molecule has 0 spiro atoms. The van der Waals surface area contributed by atoms with Gasteiger partial charge in [0, 0.05) is 0 Å². The molecule has 1 aromatic heterocycles. The van der Waals surface area contributed by atoms with Crippen molar-refractivity contribution in [2.45, 2.75) is 20.3 Å². The van der Waals surface area contributed by atoms with E-state index in [4.69, 9.17) is 0 Å². The number of hydrogen-bond donors (Lipinski definition) is 1. The molecule has 0 atom stereocenters. The largest absolute Gasteiger partial charge is 0.252 e. The number of benzene rings is 2. The van der Waals surface area contributed by atoms with Gasteiger partial charge in [0.15, 0.2) is 0 Å². The maximum atomic E-state index is 4.61. The Morgan fingerprint density at radius 1 is 1.09 bits per heavy atom. The summed E-state index contributed by atoms with van der Waals surface area (Å²) < 4.78 is 1.17. The Bertz CT molecular complexity index is 742. The molecule has 0 saturated carbocycles. The van der Waals surface area contributed by atoms with Crippen LogP contribution in [0.15, 0.2) is 59.7 Å². The summed E-state index contributed by atoms with van der Waals surface area (Å²) in [7, 11) is 0. The Balaban J connectivity index is 1.85. The number of hydrogen-bond acceptors (Lipinski definition) is 4. The van der Waals surface area contributed by atoms with Crippen LogP contribution in [0.25, 0.3) is 10.2 Å². The van der Waals surface area contributed by atoms with Gasteiger partial charge in [0.2, 0.25) is 5.13 Å². The van der Waals surface area contributed by atoms with Crippen LogP contribution in [0, 0.1) is 5.92 Å². The van der Waals surface area contributed by atoms with E-state index < -0.39 is 0 Å². The van der Waals surface area contributed by atoms with Crippen LogP contribution in [0.4, 0.5) is 5.13 Å². The molecule has 0 unspecified atom stereocenters. The van der Waals surface area contributed by atoms with Crippen molar-refractivity contribution in [2.24, 2.45) is 11.0 Å². The van der Waals surface area contributed by atoms with Gasteiger partial charge in [0.05, 0.1) is 15.9 Å². The monoisotopic (exact) mass is 309 g/mol. The summed E-state index contributed by atoms with van der Waals surface area (Å²) in [5, 5.41) is 5.45. The summed E-state index contributed by atoms with van der Waals surface area (Å²) in [4.78, 5) is 4.56. The molecule has 0 radical (unpaired) electrons. The van der Waals surface area contributed by atoms with Gasteiger partial charge in [-0.15, -0.1) is 0 Å². The number of rotatable bonds is 5. The fourth-order valence-corrected chi connectivity index (χ4v) is 3.09. The number of anilines is 1.